The second kappa shape index (κ2) is 7.92. The van der Waals surface area contributed by atoms with E-state index in [1.165, 1.54) is 23.9 Å². The Balaban J connectivity index is 1.81. The lowest BCUT2D eigenvalue weighted by Crippen LogP contribution is -2.07. The second-order valence-electron chi connectivity index (χ2n) is 6.24. The third-order valence-electron chi connectivity index (χ3n) is 4.36. The van der Waals surface area contributed by atoms with Crippen LogP contribution in [-0.2, 0) is 6.54 Å². The van der Waals surface area contributed by atoms with Crippen molar-refractivity contribution in [3.63, 3.8) is 0 Å². The zero-order valence-electron chi connectivity index (χ0n) is 15.6. The van der Waals surface area contributed by atoms with E-state index in [2.05, 4.69) is 16.8 Å². The van der Waals surface area contributed by atoms with Crippen LogP contribution in [0.5, 0.6) is 0 Å². The predicted octanol–water partition coefficient (Wildman–Crippen LogP) is 4.29. The number of thioether (sulfide) groups is 1. The Bertz CT molecular complexity index is 988. The number of carbonyl (C=O) groups is 1. The monoisotopic (exact) mass is 384 g/mol. The molecule has 0 spiro atoms. The number of nitrogens with zero attached hydrogens (tertiary/aromatic N) is 4. The van der Waals surface area contributed by atoms with Crippen LogP contribution in [0.1, 0.15) is 27.6 Å². The number of rotatable bonds is 7. The van der Waals surface area contributed by atoms with Crippen LogP contribution in [0.3, 0.4) is 0 Å². The van der Waals surface area contributed by atoms with Crippen molar-refractivity contribution in [3.8, 4) is 5.69 Å². The van der Waals surface area contributed by atoms with E-state index in [4.69, 9.17) is 0 Å². The Morgan fingerprint density at radius 2 is 1.93 bits per heavy atom. The number of aryl methyl sites for hydroxylation is 2. The van der Waals surface area contributed by atoms with Crippen molar-refractivity contribution < 1.29 is 9.18 Å². The molecule has 0 radical (unpaired) electrons. The first-order valence-corrected chi connectivity index (χ1v) is 9.52. The Morgan fingerprint density at radius 3 is 2.59 bits per heavy atom. The van der Waals surface area contributed by atoms with Gasteiger partial charge in [-0.1, -0.05) is 17.8 Å². The van der Waals surface area contributed by atoms with Crippen LogP contribution in [0.15, 0.2) is 48.1 Å². The first kappa shape index (κ1) is 19.1. The van der Waals surface area contributed by atoms with Crippen LogP contribution >= 0.6 is 11.8 Å². The van der Waals surface area contributed by atoms with E-state index in [1.807, 2.05) is 36.0 Å². The minimum Gasteiger partial charge on any atom is -0.318 e. The Morgan fingerprint density at radius 1 is 1.22 bits per heavy atom. The van der Waals surface area contributed by atoms with Gasteiger partial charge in [-0.3, -0.25) is 4.79 Å². The first-order chi connectivity index (χ1) is 12.9. The maximum Gasteiger partial charge on any atom is 0.191 e. The molecule has 2 heterocycles. The van der Waals surface area contributed by atoms with E-state index in [0.717, 1.165) is 22.9 Å². The number of halogens is 1. The molecule has 0 saturated heterocycles. The van der Waals surface area contributed by atoms with E-state index in [9.17, 15) is 9.18 Å². The second-order valence-corrected chi connectivity index (χ2v) is 7.18. The van der Waals surface area contributed by atoms with Crippen LogP contribution in [0.25, 0.3) is 5.69 Å². The van der Waals surface area contributed by atoms with Gasteiger partial charge in [0.15, 0.2) is 10.9 Å². The molecule has 0 amide bonds. The third-order valence-corrected chi connectivity index (χ3v) is 5.33. The van der Waals surface area contributed by atoms with Crippen LogP contribution in [0.2, 0.25) is 0 Å². The highest BCUT2D eigenvalue weighted by molar-refractivity contribution is 7.99. The zero-order chi connectivity index (χ0) is 19.6. The molecule has 27 heavy (non-hydrogen) atoms. The van der Waals surface area contributed by atoms with E-state index in [-0.39, 0.29) is 17.4 Å². The number of ketones is 1. The molecule has 0 fully saturated rings. The lowest BCUT2D eigenvalue weighted by molar-refractivity contribution is 0.102. The molecule has 0 unspecified atom stereocenters. The molecular formula is C20H21FN4OS. The summed E-state index contributed by atoms with van der Waals surface area (Å²) < 4.78 is 17.1. The maximum absolute atomic E-state index is 13.2. The van der Waals surface area contributed by atoms with Crippen LogP contribution in [0.4, 0.5) is 4.39 Å². The zero-order valence-corrected chi connectivity index (χ0v) is 16.4. The fourth-order valence-electron chi connectivity index (χ4n) is 3.05. The van der Waals surface area contributed by atoms with Gasteiger partial charge in [-0.25, -0.2) is 4.39 Å². The van der Waals surface area contributed by atoms with Gasteiger partial charge in [0.25, 0.3) is 0 Å². The number of benzene rings is 1. The number of allylic oxidation sites excluding steroid dienone is 1. The van der Waals surface area contributed by atoms with Crippen molar-refractivity contribution in [2.75, 3.05) is 5.75 Å². The molecule has 0 aliphatic carbocycles. The maximum atomic E-state index is 13.2. The highest BCUT2D eigenvalue weighted by atomic mass is 32.2. The van der Waals surface area contributed by atoms with Gasteiger partial charge in [-0.2, -0.15) is 0 Å². The molecule has 140 valence electrons. The topological polar surface area (TPSA) is 52.7 Å². The molecular weight excluding hydrogens is 363 g/mol. The molecule has 7 heteroatoms. The molecule has 2 aromatic heterocycles. The fraction of sp³-hybridized carbons (Fsp3) is 0.250. The first-order valence-electron chi connectivity index (χ1n) is 8.54. The van der Waals surface area contributed by atoms with Crippen molar-refractivity contribution >= 4 is 17.5 Å². The highest BCUT2D eigenvalue weighted by Gasteiger charge is 2.18. The van der Waals surface area contributed by atoms with Gasteiger partial charge in [0.2, 0.25) is 0 Å². The van der Waals surface area contributed by atoms with E-state index < -0.39 is 0 Å². The smallest absolute Gasteiger partial charge is 0.191 e. The minimum atomic E-state index is -0.284. The molecule has 0 atom stereocenters. The molecule has 3 rings (SSSR count). The largest absolute Gasteiger partial charge is 0.318 e. The summed E-state index contributed by atoms with van der Waals surface area (Å²) in [7, 11) is 0. The SMILES string of the molecule is C=CCn1c(C)nnc1SCC(=O)c1cc(C)n(-c2ccc(F)cc2)c1C. The summed E-state index contributed by atoms with van der Waals surface area (Å²) in [5, 5.41) is 8.90. The summed E-state index contributed by atoms with van der Waals surface area (Å²) in [5.74, 6) is 0.794. The summed E-state index contributed by atoms with van der Waals surface area (Å²) >= 11 is 1.37. The summed E-state index contributed by atoms with van der Waals surface area (Å²) in [4.78, 5) is 12.8. The predicted molar refractivity (Wildman–Crippen MR) is 105 cm³/mol. The molecule has 0 aliphatic heterocycles. The average Bonchev–Trinajstić information content (AvgIpc) is 3.14. The normalized spacial score (nSPS) is 11.0. The van der Waals surface area contributed by atoms with Crippen LogP contribution in [0, 0.1) is 26.6 Å². The van der Waals surface area contributed by atoms with Gasteiger partial charge in [0.05, 0.1) is 5.75 Å². The van der Waals surface area contributed by atoms with E-state index >= 15 is 0 Å². The molecule has 0 bridgehead atoms. The molecule has 0 saturated carbocycles. The van der Waals surface area contributed by atoms with E-state index in [0.29, 0.717) is 17.3 Å². The van der Waals surface area contributed by atoms with E-state index in [1.54, 1.807) is 18.2 Å². The molecule has 5 nitrogen and oxygen atoms in total. The van der Waals surface area contributed by atoms with Crippen LogP contribution in [-0.4, -0.2) is 30.9 Å². The van der Waals surface area contributed by atoms with Gasteiger partial charge >= 0.3 is 0 Å². The lowest BCUT2D eigenvalue weighted by atomic mass is 10.2. The molecule has 3 aromatic rings. The van der Waals surface area contributed by atoms with Gasteiger partial charge in [0, 0.05) is 29.2 Å². The number of aromatic nitrogens is 4. The number of hydrogen-bond donors (Lipinski definition) is 0. The average molecular weight is 384 g/mol. The van der Waals surface area contributed by atoms with Crippen molar-refractivity contribution in [2.24, 2.45) is 0 Å². The number of carbonyl (C=O) groups excluding carboxylic acids is 1. The van der Waals surface area contributed by atoms with Crippen molar-refractivity contribution in [3.05, 3.63) is 71.6 Å². The Kier molecular flexibility index (Phi) is 5.60. The van der Waals surface area contributed by atoms with Gasteiger partial charge < -0.3 is 9.13 Å². The van der Waals surface area contributed by atoms with Gasteiger partial charge in [-0.15, -0.1) is 16.8 Å². The van der Waals surface area contributed by atoms with Crippen molar-refractivity contribution in [2.45, 2.75) is 32.5 Å². The van der Waals surface area contributed by atoms with Crippen LogP contribution < -0.4 is 0 Å². The summed E-state index contributed by atoms with van der Waals surface area (Å²) in [6, 6.07) is 8.12. The van der Waals surface area contributed by atoms with Gasteiger partial charge in [-0.05, 0) is 51.1 Å². The molecule has 1 aromatic carbocycles. The Hall–Kier alpha value is -2.67. The lowest BCUT2D eigenvalue weighted by Gasteiger charge is -2.10. The summed E-state index contributed by atoms with van der Waals surface area (Å²) in [6.07, 6.45) is 1.78. The number of hydrogen-bond acceptors (Lipinski definition) is 4. The minimum absolute atomic E-state index is 0.0206. The number of Topliss-reactive ketones (excluding diaryl/α,β-unsaturated/α-hetero) is 1. The fourth-order valence-corrected chi connectivity index (χ4v) is 3.92. The highest BCUT2D eigenvalue weighted by Crippen LogP contribution is 2.24. The summed E-state index contributed by atoms with van der Waals surface area (Å²) in [6.45, 7) is 10.1. The Labute approximate surface area is 161 Å². The van der Waals surface area contributed by atoms with Crippen molar-refractivity contribution in [1.82, 2.24) is 19.3 Å². The van der Waals surface area contributed by atoms with Crippen molar-refractivity contribution in [1.29, 1.82) is 0 Å². The molecule has 0 aliphatic rings. The van der Waals surface area contributed by atoms with Gasteiger partial charge in [0.1, 0.15) is 11.6 Å². The summed E-state index contributed by atoms with van der Waals surface area (Å²) in [5.41, 5.74) is 3.27. The third kappa shape index (κ3) is 3.88. The standard InChI is InChI=1S/C20H21FN4OS/c1-5-10-24-15(4)22-23-20(24)27-12-19(26)18-11-13(2)25(14(18)3)17-8-6-16(21)7-9-17/h5-9,11H,1,10,12H2,2-4H3. The molecule has 0 N–H and O–H groups in total. The quantitative estimate of drug-likeness (QED) is 0.346.